The van der Waals surface area contributed by atoms with Gasteiger partial charge in [-0.05, 0) is 0 Å². The summed E-state index contributed by atoms with van der Waals surface area (Å²) in [5.74, 6) is 0. The van der Waals surface area contributed by atoms with Crippen LogP contribution in [-0.2, 0) is 0 Å². The molecular weight excluding hydrogens is 214 g/mol. The van der Waals surface area contributed by atoms with Crippen molar-refractivity contribution in [3.8, 4) is 0 Å². The Kier molecular flexibility index (Phi) is 124. The van der Waals surface area contributed by atoms with Gasteiger partial charge < -0.3 is 0 Å². The summed E-state index contributed by atoms with van der Waals surface area (Å²) >= 11 is 0. The summed E-state index contributed by atoms with van der Waals surface area (Å²) in [6, 6.07) is 0. The fourth-order valence-corrected chi connectivity index (χ4v) is 0. The van der Waals surface area contributed by atoms with Crippen molar-refractivity contribution in [1.82, 2.24) is 0 Å². The maximum absolute atomic E-state index is 0. The van der Waals surface area contributed by atoms with Gasteiger partial charge in [0.15, 0.2) is 0 Å². The van der Waals surface area contributed by atoms with Gasteiger partial charge in [0, 0.05) is 90.0 Å². The zero-order valence-corrected chi connectivity index (χ0v) is 9.50. The summed E-state index contributed by atoms with van der Waals surface area (Å²) in [5.41, 5.74) is 0. The van der Waals surface area contributed by atoms with E-state index in [0.29, 0.717) is 0 Å². The minimum Gasteiger partial charge on any atom is 0 e. The van der Waals surface area contributed by atoms with Gasteiger partial charge in [-0.15, -0.1) is 0 Å². The molecule has 0 spiro atoms. The molecule has 0 aliphatic rings. The molecule has 13 valence electrons. The maximum atomic E-state index is 0. The van der Waals surface area contributed by atoms with Crippen LogP contribution in [0.3, 0.4) is 0 Å². The van der Waals surface area contributed by atoms with Crippen LogP contribution in [0.5, 0.6) is 0 Å². The average molecular weight is 214 g/mol. The third-order valence-electron chi connectivity index (χ3n) is 0. The Labute approximate surface area is 88.2 Å². The molecule has 0 heterocycles. The van der Waals surface area contributed by atoms with Gasteiger partial charge >= 0.3 is 0 Å². The van der Waals surface area contributed by atoms with Gasteiger partial charge in [0.1, 0.15) is 0 Å². The van der Waals surface area contributed by atoms with Crippen molar-refractivity contribution >= 4 is 90.0 Å². The number of hydrogen-bond acceptors (Lipinski definition) is 0. The fourth-order valence-electron chi connectivity index (χ4n) is 0. The second kappa shape index (κ2) is 17.0. The monoisotopic (exact) mass is 215 g/mol. The van der Waals surface area contributed by atoms with Crippen molar-refractivity contribution in [2.24, 2.45) is 0 Å². The largest absolute Gasteiger partial charge is 0 e. The molecule has 0 aromatic carbocycles. The summed E-state index contributed by atoms with van der Waals surface area (Å²) in [4.78, 5) is 0. The first-order valence-corrected chi connectivity index (χ1v) is 0. The molecule has 0 bridgehead atoms. The second-order valence-corrected chi connectivity index (χ2v) is 0. The van der Waals surface area contributed by atoms with Crippen LogP contribution in [0, 0.1) is 0 Å². The smallest absolute Gasteiger partial charge is 0 e. The Morgan fingerprint density at radius 3 is 1.00 bits per heavy atom. The van der Waals surface area contributed by atoms with E-state index in [4.69, 9.17) is 0 Å². The van der Waals surface area contributed by atoms with Gasteiger partial charge in [0.2, 0.25) is 0 Å². The first kappa shape index (κ1) is 29.1. The van der Waals surface area contributed by atoms with Gasteiger partial charge in [-0.1, -0.05) is 0 Å². The third-order valence-corrected chi connectivity index (χ3v) is 0. The Morgan fingerprint density at radius 1 is 1.00 bits per heavy atom. The third kappa shape index (κ3) is 8.84. The van der Waals surface area contributed by atoms with E-state index in [9.17, 15) is 0 Å². The predicted octanol–water partition coefficient (Wildman–Crippen LogP) is -1.52. The van der Waals surface area contributed by atoms with Crippen molar-refractivity contribution < 1.29 is 0 Å². The quantitative estimate of drug-likeness (QED) is 0.429. The summed E-state index contributed by atoms with van der Waals surface area (Å²) in [6.07, 6.45) is 0. The van der Waals surface area contributed by atoms with Gasteiger partial charge in [-0.3, -0.25) is 0 Å². The molecule has 0 atom stereocenters. The Hall–Kier alpha value is 2.81. The van der Waals surface area contributed by atoms with E-state index in [-0.39, 0.29) is 90.0 Å². The topological polar surface area (TPSA) is 0 Å². The molecule has 0 amide bonds. The van der Waals surface area contributed by atoms with E-state index in [2.05, 4.69) is 0 Å². The van der Waals surface area contributed by atoms with Gasteiger partial charge in [-0.2, -0.15) is 0 Å². The van der Waals surface area contributed by atoms with Gasteiger partial charge in [0.25, 0.3) is 0 Å². The van der Waals surface area contributed by atoms with Gasteiger partial charge in [-0.25, -0.2) is 0 Å². The number of hydrogen-bond donors (Lipinski definition) is 0. The molecule has 4 heteroatoms. The zero-order chi connectivity index (χ0) is 0. The van der Waals surface area contributed by atoms with Crippen molar-refractivity contribution in [2.75, 3.05) is 0 Å². The minimum absolute atomic E-state index is 0. The van der Waals surface area contributed by atoms with Crippen LogP contribution in [0.1, 0.15) is 0 Å². The Bertz CT molecular complexity index is 8.00. The molecule has 0 unspecified atom stereocenters. The van der Waals surface area contributed by atoms with E-state index >= 15 is 0 Å². The molecule has 0 fully saturated rings. The fraction of sp³-hybridized carbons (Fsp3) is 0. The van der Waals surface area contributed by atoms with E-state index in [1.807, 2.05) is 0 Å². The molecule has 0 aliphatic heterocycles. The second-order valence-electron chi connectivity index (χ2n) is 0. The molecule has 0 nitrogen and oxygen atoms in total. The summed E-state index contributed by atoms with van der Waals surface area (Å²) in [7, 11) is 0. The van der Waals surface area contributed by atoms with Crippen molar-refractivity contribution in [3.05, 3.63) is 0 Å². The zero-order valence-electron chi connectivity index (χ0n) is 2.28. The molecule has 0 N–H and O–H groups in total. The van der Waals surface area contributed by atoms with Crippen LogP contribution in [0.25, 0.3) is 0 Å². The van der Waals surface area contributed by atoms with Crippen LogP contribution < -0.4 is 0 Å². The standard InChI is InChI=1S/Al.Ca.Si.Sn. The Balaban J connectivity index is 0. The molecule has 0 saturated heterocycles. The van der Waals surface area contributed by atoms with Crippen LogP contribution >= 0.6 is 0 Å². The molecule has 4 heavy (non-hydrogen) atoms. The van der Waals surface area contributed by atoms with Gasteiger partial charge in [0.05, 0.1) is 0 Å². The van der Waals surface area contributed by atoms with Crippen LogP contribution in [0.2, 0.25) is 0 Å². The molecule has 0 saturated carbocycles. The molecule has 0 aliphatic carbocycles. The minimum atomic E-state index is 0. The summed E-state index contributed by atoms with van der Waals surface area (Å²) in [5, 5.41) is 0. The van der Waals surface area contributed by atoms with Crippen molar-refractivity contribution in [1.29, 1.82) is 0 Å². The predicted molar refractivity (Wildman–Crippen MR) is 23.0 cm³/mol. The molecule has 0 rings (SSSR count). The van der Waals surface area contributed by atoms with E-state index < -0.39 is 0 Å². The SMILES string of the molecule is [Al].[Ca].[Si].[Sn]. The average Bonchev–Trinajstić information content (AvgIpc) is 0. The normalized spacial score (nSPS) is 0. The summed E-state index contributed by atoms with van der Waals surface area (Å²) in [6.45, 7) is 0. The van der Waals surface area contributed by atoms with Crippen molar-refractivity contribution in [3.63, 3.8) is 0 Å². The Morgan fingerprint density at radius 2 is 1.00 bits per heavy atom. The molecular formula is AlCaSiSn. The first-order valence-electron chi connectivity index (χ1n) is 0. The first-order chi connectivity index (χ1) is 0. The molecule has 0 aromatic rings. The van der Waals surface area contributed by atoms with Crippen LogP contribution in [0.4, 0.5) is 0 Å². The maximum Gasteiger partial charge on any atom is 0 e. The van der Waals surface area contributed by atoms with E-state index in [0.717, 1.165) is 0 Å². The van der Waals surface area contributed by atoms with E-state index in [1.54, 1.807) is 0 Å². The van der Waals surface area contributed by atoms with Crippen LogP contribution in [0.15, 0.2) is 0 Å². The van der Waals surface area contributed by atoms with E-state index in [1.165, 1.54) is 0 Å². The molecule has 0 aromatic heterocycles. The molecule has 13 radical (unpaired) electrons. The number of rotatable bonds is 0. The van der Waals surface area contributed by atoms with Crippen LogP contribution in [-0.4, -0.2) is 90.0 Å². The van der Waals surface area contributed by atoms with Crippen molar-refractivity contribution in [2.45, 2.75) is 0 Å². The summed E-state index contributed by atoms with van der Waals surface area (Å²) < 4.78 is 0.